The number of carboxylic acid groups (broad SMARTS) is 1. The molecule has 1 aromatic carbocycles. The normalized spacial score (nSPS) is 11.7. The first-order valence-corrected chi connectivity index (χ1v) is 6.80. The molecule has 0 aromatic heterocycles. The lowest BCUT2D eigenvalue weighted by Gasteiger charge is -2.15. The molecular formula is C13H17BrN2O3. The molecule has 0 saturated heterocycles. The Kier molecular flexibility index (Phi) is 5.82. The molecular weight excluding hydrogens is 312 g/mol. The van der Waals surface area contributed by atoms with Crippen LogP contribution in [0.4, 0.5) is 10.5 Å². The molecule has 0 radical (unpaired) electrons. The molecule has 3 N–H and O–H groups in total. The fraction of sp³-hybridized carbons (Fsp3) is 0.385. The Balaban J connectivity index is 2.69. The molecule has 1 atom stereocenters. The van der Waals surface area contributed by atoms with E-state index in [0.29, 0.717) is 18.5 Å². The molecule has 2 amide bonds. The predicted molar refractivity (Wildman–Crippen MR) is 77.4 cm³/mol. The second-order valence-corrected chi connectivity index (χ2v) is 5.04. The number of carbonyl (C=O) groups excluding carboxylic acids is 1. The molecule has 0 spiro atoms. The van der Waals surface area contributed by atoms with Crippen molar-refractivity contribution in [3.63, 3.8) is 0 Å². The first-order chi connectivity index (χ1) is 8.95. The molecule has 104 valence electrons. The Morgan fingerprint density at radius 1 is 1.42 bits per heavy atom. The number of benzene rings is 1. The van der Waals surface area contributed by atoms with Gasteiger partial charge in [0.25, 0.3) is 0 Å². The third kappa shape index (κ3) is 4.55. The van der Waals surface area contributed by atoms with E-state index in [2.05, 4.69) is 26.6 Å². The number of urea groups is 1. The van der Waals surface area contributed by atoms with Crippen molar-refractivity contribution in [1.29, 1.82) is 0 Å². The van der Waals surface area contributed by atoms with E-state index in [1.165, 1.54) is 0 Å². The molecule has 0 heterocycles. The van der Waals surface area contributed by atoms with Gasteiger partial charge in [-0.15, -0.1) is 0 Å². The summed E-state index contributed by atoms with van der Waals surface area (Å²) in [6.45, 7) is 3.73. The lowest BCUT2D eigenvalue weighted by Crippen LogP contribution is -2.42. The van der Waals surface area contributed by atoms with E-state index in [4.69, 9.17) is 5.11 Å². The highest BCUT2D eigenvalue weighted by Crippen LogP contribution is 2.23. The SMILES string of the molecule is CCC[C@@H](NC(=O)Nc1cccc(Br)c1C)C(=O)O. The van der Waals surface area contributed by atoms with Gasteiger partial charge in [-0.2, -0.15) is 0 Å². The van der Waals surface area contributed by atoms with Gasteiger partial charge in [-0.25, -0.2) is 9.59 Å². The van der Waals surface area contributed by atoms with Crippen molar-refractivity contribution in [2.24, 2.45) is 0 Å². The topological polar surface area (TPSA) is 78.4 Å². The number of amides is 2. The fourth-order valence-electron chi connectivity index (χ4n) is 1.61. The maximum Gasteiger partial charge on any atom is 0.326 e. The Labute approximate surface area is 120 Å². The third-order valence-electron chi connectivity index (χ3n) is 2.70. The summed E-state index contributed by atoms with van der Waals surface area (Å²) in [6.07, 6.45) is 1.09. The van der Waals surface area contributed by atoms with Crippen molar-refractivity contribution < 1.29 is 14.7 Å². The highest BCUT2D eigenvalue weighted by atomic mass is 79.9. The van der Waals surface area contributed by atoms with Crippen LogP contribution >= 0.6 is 15.9 Å². The first-order valence-electron chi connectivity index (χ1n) is 6.01. The largest absolute Gasteiger partial charge is 0.480 e. The van der Waals surface area contributed by atoms with Crippen molar-refractivity contribution in [2.75, 3.05) is 5.32 Å². The van der Waals surface area contributed by atoms with Crippen molar-refractivity contribution in [3.05, 3.63) is 28.2 Å². The fourth-order valence-corrected chi connectivity index (χ4v) is 1.97. The number of anilines is 1. The van der Waals surface area contributed by atoms with E-state index < -0.39 is 18.0 Å². The Morgan fingerprint density at radius 2 is 2.11 bits per heavy atom. The number of hydrogen-bond acceptors (Lipinski definition) is 2. The number of halogens is 1. The standard InChI is InChI=1S/C13H17BrN2O3/c1-3-5-11(12(17)18)16-13(19)15-10-7-4-6-9(14)8(10)2/h4,6-7,11H,3,5H2,1-2H3,(H,17,18)(H2,15,16,19)/t11-/m1/s1. The Bertz CT molecular complexity index is 477. The highest BCUT2D eigenvalue weighted by molar-refractivity contribution is 9.10. The molecule has 6 heteroatoms. The van der Waals surface area contributed by atoms with Crippen LogP contribution in [0.2, 0.25) is 0 Å². The lowest BCUT2D eigenvalue weighted by atomic mass is 10.2. The molecule has 0 fully saturated rings. The zero-order chi connectivity index (χ0) is 14.4. The Morgan fingerprint density at radius 3 is 2.68 bits per heavy atom. The van der Waals surface area contributed by atoms with Crippen LogP contribution in [-0.4, -0.2) is 23.1 Å². The number of aliphatic carboxylic acids is 1. The number of carbonyl (C=O) groups is 2. The maximum atomic E-state index is 11.8. The van der Waals surface area contributed by atoms with Gasteiger partial charge in [-0.05, 0) is 31.0 Å². The average molecular weight is 329 g/mol. The molecule has 1 rings (SSSR count). The molecule has 5 nitrogen and oxygen atoms in total. The van der Waals surface area contributed by atoms with E-state index in [0.717, 1.165) is 10.0 Å². The molecule has 0 aliphatic carbocycles. The summed E-state index contributed by atoms with van der Waals surface area (Å²) in [5.74, 6) is -1.03. The van der Waals surface area contributed by atoms with Crippen LogP contribution in [0.25, 0.3) is 0 Å². The van der Waals surface area contributed by atoms with Crippen molar-refractivity contribution in [3.8, 4) is 0 Å². The monoisotopic (exact) mass is 328 g/mol. The van der Waals surface area contributed by atoms with E-state index >= 15 is 0 Å². The van der Waals surface area contributed by atoms with Crippen LogP contribution in [0.15, 0.2) is 22.7 Å². The van der Waals surface area contributed by atoms with E-state index in [1.54, 1.807) is 12.1 Å². The van der Waals surface area contributed by atoms with Crippen LogP contribution in [0, 0.1) is 6.92 Å². The lowest BCUT2D eigenvalue weighted by molar-refractivity contribution is -0.139. The van der Waals surface area contributed by atoms with E-state index in [1.807, 2.05) is 19.9 Å². The second kappa shape index (κ2) is 7.13. The van der Waals surface area contributed by atoms with Crippen LogP contribution in [0.3, 0.4) is 0 Å². The summed E-state index contributed by atoms with van der Waals surface area (Å²) in [5.41, 5.74) is 1.53. The quantitative estimate of drug-likeness (QED) is 0.776. The molecule has 0 aliphatic heterocycles. The second-order valence-electron chi connectivity index (χ2n) is 4.19. The smallest absolute Gasteiger partial charge is 0.326 e. The summed E-state index contributed by atoms with van der Waals surface area (Å²) in [6, 6.07) is 4.05. The van der Waals surface area contributed by atoms with Crippen molar-refractivity contribution in [2.45, 2.75) is 32.7 Å². The average Bonchev–Trinajstić information content (AvgIpc) is 2.34. The minimum atomic E-state index is -1.03. The van der Waals surface area contributed by atoms with Crippen molar-refractivity contribution in [1.82, 2.24) is 5.32 Å². The van der Waals surface area contributed by atoms with E-state index in [9.17, 15) is 9.59 Å². The molecule has 1 aromatic rings. The first kappa shape index (κ1) is 15.5. The summed E-state index contributed by atoms with van der Waals surface area (Å²) < 4.78 is 0.883. The van der Waals surface area contributed by atoms with Crippen LogP contribution in [-0.2, 0) is 4.79 Å². The molecule has 0 saturated carbocycles. The van der Waals surface area contributed by atoms with Crippen molar-refractivity contribution >= 4 is 33.6 Å². The van der Waals surface area contributed by atoms with Gasteiger partial charge in [-0.1, -0.05) is 35.3 Å². The van der Waals surface area contributed by atoms with E-state index in [-0.39, 0.29) is 0 Å². The number of nitrogens with one attached hydrogen (secondary N) is 2. The van der Waals surface area contributed by atoms with Crippen LogP contribution in [0.5, 0.6) is 0 Å². The van der Waals surface area contributed by atoms with Gasteiger partial charge in [0.2, 0.25) is 0 Å². The summed E-state index contributed by atoms with van der Waals surface area (Å²) in [5, 5.41) is 14.1. The zero-order valence-electron chi connectivity index (χ0n) is 10.9. The number of rotatable bonds is 5. The Hall–Kier alpha value is -1.56. The molecule has 0 aliphatic rings. The zero-order valence-corrected chi connectivity index (χ0v) is 12.5. The number of hydrogen-bond donors (Lipinski definition) is 3. The van der Waals surface area contributed by atoms with Crippen LogP contribution < -0.4 is 10.6 Å². The van der Waals surface area contributed by atoms with Gasteiger partial charge in [0.15, 0.2) is 0 Å². The van der Waals surface area contributed by atoms with Gasteiger partial charge in [-0.3, -0.25) is 0 Å². The van der Waals surface area contributed by atoms with Gasteiger partial charge in [0, 0.05) is 10.2 Å². The van der Waals surface area contributed by atoms with Gasteiger partial charge >= 0.3 is 12.0 Å². The summed E-state index contributed by atoms with van der Waals surface area (Å²) in [7, 11) is 0. The van der Waals surface area contributed by atoms with Gasteiger partial charge in [0.1, 0.15) is 6.04 Å². The highest BCUT2D eigenvalue weighted by Gasteiger charge is 2.19. The molecule has 0 unspecified atom stereocenters. The third-order valence-corrected chi connectivity index (χ3v) is 3.56. The minimum absolute atomic E-state index is 0.403. The maximum absolute atomic E-state index is 11.8. The van der Waals surface area contributed by atoms with Gasteiger partial charge < -0.3 is 15.7 Å². The summed E-state index contributed by atoms with van der Waals surface area (Å²) in [4.78, 5) is 22.7. The van der Waals surface area contributed by atoms with Gasteiger partial charge in [0.05, 0.1) is 0 Å². The number of carboxylic acids is 1. The molecule has 0 bridgehead atoms. The minimum Gasteiger partial charge on any atom is -0.480 e. The predicted octanol–water partition coefficient (Wildman–Crippen LogP) is 3.13. The van der Waals surface area contributed by atoms with Crippen LogP contribution in [0.1, 0.15) is 25.3 Å². The molecule has 19 heavy (non-hydrogen) atoms. The summed E-state index contributed by atoms with van der Waals surface area (Å²) >= 11 is 3.37.